The van der Waals surface area contributed by atoms with Crippen LogP contribution < -0.4 is 0 Å². The molecule has 0 aromatic heterocycles. The molecule has 0 radical (unpaired) electrons. The summed E-state index contributed by atoms with van der Waals surface area (Å²) in [5.74, 6) is -0.567. The molecule has 0 fully saturated rings. The van der Waals surface area contributed by atoms with Crippen LogP contribution in [0.3, 0.4) is 0 Å². The summed E-state index contributed by atoms with van der Waals surface area (Å²) < 4.78 is 21.2. The van der Waals surface area contributed by atoms with Crippen LogP contribution in [0.2, 0.25) is 0 Å². The van der Waals surface area contributed by atoms with E-state index in [0.717, 1.165) is 0 Å². The summed E-state index contributed by atoms with van der Waals surface area (Å²) in [5, 5.41) is -0.568. The van der Waals surface area contributed by atoms with Crippen LogP contribution in [0.4, 0.5) is 0 Å². The Labute approximate surface area is 68.0 Å². The van der Waals surface area contributed by atoms with Gasteiger partial charge in [-0.1, -0.05) is 6.08 Å². The second-order valence-electron chi connectivity index (χ2n) is 1.88. The number of hydrogen-bond acceptors (Lipinski definition) is 4. The van der Waals surface area contributed by atoms with Crippen molar-refractivity contribution in [2.45, 2.75) is 6.42 Å². The first-order chi connectivity index (χ1) is 5.02. The van der Waals surface area contributed by atoms with E-state index in [4.69, 9.17) is 10.7 Å². The Morgan fingerprint density at radius 2 is 2.18 bits per heavy atom. The summed E-state index contributed by atoms with van der Waals surface area (Å²) in [4.78, 5) is 14.1. The van der Waals surface area contributed by atoms with Crippen LogP contribution in [-0.2, 0) is 13.8 Å². The largest absolute Gasteiger partial charge is 0.291 e. The highest BCUT2D eigenvalue weighted by Crippen LogP contribution is 2.08. The molecule has 1 aliphatic rings. The zero-order valence-corrected chi connectivity index (χ0v) is 6.89. The van der Waals surface area contributed by atoms with E-state index in [9.17, 15) is 13.2 Å². The van der Waals surface area contributed by atoms with Gasteiger partial charge in [0.05, 0.1) is 0 Å². The zero-order chi connectivity index (χ0) is 8.48. The average Bonchev–Trinajstić information content (AvgIpc) is 1.86. The van der Waals surface area contributed by atoms with Gasteiger partial charge in [0.2, 0.25) is 5.04 Å². The van der Waals surface area contributed by atoms with E-state index in [0.29, 0.717) is 0 Å². The number of rotatable bonds is 0. The summed E-state index contributed by atoms with van der Waals surface area (Å²) in [5.41, 5.74) is 0. The third kappa shape index (κ3) is 1.87. The molecule has 0 N–H and O–H groups in total. The number of allylic oxidation sites excluding steroid dienone is 1. The molecular weight excluding hydrogens is 190 g/mol. The fourth-order valence-corrected chi connectivity index (χ4v) is 1.56. The van der Waals surface area contributed by atoms with Gasteiger partial charge in [-0.2, -0.15) is 0 Å². The predicted octanol–water partition coefficient (Wildman–Crippen LogP) is 0.440. The van der Waals surface area contributed by atoms with E-state index < -0.39 is 19.9 Å². The third-order valence-electron chi connectivity index (χ3n) is 1.07. The summed E-state index contributed by atoms with van der Waals surface area (Å²) >= 11 is 0. The van der Waals surface area contributed by atoms with Crippen LogP contribution in [0, 0.1) is 0 Å². The highest BCUT2D eigenvalue weighted by Gasteiger charge is 2.24. The minimum atomic E-state index is -3.95. The molecule has 0 saturated heterocycles. The van der Waals surface area contributed by atoms with Crippen molar-refractivity contribution in [2.75, 3.05) is 0 Å². The molecular formula is C5H4ClNO3S. The number of halogens is 1. The Morgan fingerprint density at radius 3 is 2.55 bits per heavy atom. The van der Waals surface area contributed by atoms with Crippen molar-refractivity contribution >= 4 is 30.6 Å². The fraction of sp³-hybridized carbons (Fsp3) is 0.200. The summed E-state index contributed by atoms with van der Waals surface area (Å²) in [6.45, 7) is 0. The van der Waals surface area contributed by atoms with Crippen molar-refractivity contribution in [3.8, 4) is 0 Å². The van der Waals surface area contributed by atoms with Crippen LogP contribution in [0.1, 0.15) is 6.42 Å². The van der Waals surface area contributed by atoms with Gasteiger partial charge in [0.25, 0.3) is 9.05 Å². The highest BCUT2D eigenvalue weighted by atomic mass is 35.7. The van der Waals surface area contributed by atoms with Gasteiger partial charge in [-0.3, -0.25) is 4.79 Å². The Bertz CT molecular complexity index is 341. The molecule has 0 aromatic rings. The standard InChI is InChI=1S/C5H4ClNO3S/c6-11(9,10)5-4(8)2-1-3-7-5/h1,3H,2H2. The number of Topliss-reactive ketones (excluding diaryl/α,β-unsaturated/α-hetero) is 1. The second kappa shape index (κ2) is 2.75. The minimum absolute atomic E-state index is 0.0464. The minimum Gasteiger partial charge on any atom is -0.291 e. The molecule has 0 atom stereocenters. The number of carbonyl (C=O) groups is 1. The molecule has 0 aromatic carbocycles. The third-order valence-corrected chi connectivity index (χ3v) is 2.30. The Hall–Kier alpha value is -0.680. The first-order valence-corrected chi connectivity index (χ1v) is 5.03. The van der Waals surface area contributed by atoms with Crippen molar-refractivity contribution in [1.82, 2.24) is 0 Å². The smallest absolute Gasteiger partial charge is 0.282 e. The van der Waals surface area contributed by atoms with E-state index in [-0.39, 0.29) is 6.42 Å². The topological polar surface area (TPSA) is 63.6 Å². The molecule has 0 amide bonds. The Morgan fingerprint density at radius 1 is 1.55 bits per heavy atom. The highest BCUT2D eigenvalue weighted by molar-refractivity contribution is 8.27. The Balaban J connectivity index is 3.14. The van der Waals surface area contributed by atoms with E-state index in [2.05, 4.69) is 4.99 Å². The van der Waals surface area contributed by atoms with Crippen molar-refractivity contribution < 1.29 is 13.2 Å². The fourth-order valence-electron chi connectivity index (χ4n) is 0.638. The summed E-state index contributed by atoms with van der Waals surface area (Å²) in [6.07, 6.45) is 2.76. The molecule has 1 rings (SSSR count). The normalized spacial score (nSPS) is 18.3. The first-order valence-electron chi connectivity index (χ1n) is 2.72. The molecule has 1 aliphatic heterocycles. The van der Waals surface area contributed by atoms with Gasteiger partial charge < -0.3 is 0 Å². The lowest BCUT2D eigenvalue weighted by Crippen LogP contribution is -2.21. The Kier molecular flexibility index (Phi) is 2.10. The van der Waals surface area contributed by atoms with Gasteiger partial charge in [-0.25, -0.2) is 13.4 Å². The molecule has 0 saturated carbocycles. The van der Waals surface area contributed by atoms with Crippen LogP contribution >= 0.6 is 10.7 Å². The van der Waals surface area contributed by atoms with Gasteiger partial charge >= 0.3 is 0 Å². The van der Waals surface area contributed by atoms with Gasteiger partial charge in [-0.05, 0) is 0 Å². The number of hydrogen-bond donors (Lipinski definition) is 0. The molecule has 0 unspecified atom stereocenters. The van der Waals surface area contributed by atoms with Gasteiger partial charge in [0, 0.05) is 23.3 Å². The maximum absolute atomic E-state index is 10.8. The van der Waals surface area contributed by atoms with Crippen LogP contribution in [0.5, 0.6) is 0 Å². The second-order valence-corrected chi connectivity index (χ2v) is 4.37. The number of ketones is 1. The molecule has 6 heteroatoms. The van der Waals surface area contributed by atoms with Gasteiger partial charge in [0.1, 0.15) is 0 Å². The number of aliphatic imine (C=N–C) groups is 1. The molecule has 0 aliphatic carbocycles. The average molecular weight is 194 g/mol. The van der Waals surface area contributed by atoms with Gasteiger partial charge in [0.15, 0.2) is 5.78 Å². The lowest BCUT2D eigenvalue weighted by atomic mass is 10.3. The van der Waals surface area contributed by atoms with Crippen molar-refractivity contribution in [3.63, 3.8) is 0 Å². The van der Waals surface area contributed by atoms with E-state index in [1.807, 2.05) is 0 Å². The zero-order valence-electron chi connectivity index (χ0n) is 5.32. The number of carbonyl (C=O) groups excluding carboxylic acids is 1. The number of nitrogens with zero attached hydrogens (tertiary/aromatic N) is 1. The maximum atomic E-state index is 10.8. The van der Waals surface area contributed by atoms with Crippen LogP contribution in [-0.4, -0.2) is 19.2 Å². The van der Waals surface area contributed by atoms with E-state index in [1.165, 1.54) is 12.3 Å². The predicted molar refractivity (Wildman–Crippen MR) is 41.0 cm³/mol. The maximum Gasteiger partial charge on any atom is 0.282 e. The van der Waals surface area contributed by atoms with Crippen LogP contribution in [0.25, 0.3) is 0 Å². The quantitative estimate of drug-likeness (QED) is 0.525. The van der Waals surface area contributed by atoms with Crippen molar-refractivity contribution in [3.05, 3.63) is 12.3 Å². The lowest BCUT2D eigenvalue weighted by Gasteiger charge is -2.00. The van der Waals surface area contributed by atoms with Crippen LogP contribution in [0.15, 0.2) is 17.3 Å². The van der Waals surface area contributed by atoms with Crippen molar-refractivity contribution in [2.24, 2.45) is 4.99 Å². The van der Waals surface area contributed by atoms with E-state index in [1.54, 1.807) is 0 Å². The summed E-state index contributed by atoms with van der Waals surface area (Å²) in [6, 6.07) is 0. The monoisotopic (exact) mass is 193 g/mol. The molecule has 11 heavy (non-hydrogen) atoms. The SMILES string of the molecule is O=C1CC=CN=C1S(=O)(=O)Cl. The molecule has 1 heterocycles. The van der Waals surface area contributed by atoms with E-state index >= 15 is 0 Å². The van der Waals surface area contributed by atoms with Gasteiger partial charge in [-0.15, -0.1) is 0 Å². The lowest BCUT2D eigenvalue weighted by molar-refractivity contribution is -0.112. The molecule has 0 spiro atoms. The molecule has 0 bridgehead atoms. The summed E-state index contributed by atoms with van der Waals surface area (Å²) in [7, 11) is 0.940. The van der Waals surface area contributed by atoms with Crippen molar-refractivity contribution in [1.29, 1.82) is 0 Å². The molecule has 4 nitrogen and oxygen atoms in total. The molecule has 60 valence electrons. The first kappa shape index (κ1) is 8.42.